The minimum Gasteiger partial charge on any atom is -0.495 e. The molecule has 0 radical (unpaired) electrons. The highest BCUT2D eigenvalue weighted by atomic mass is 35.5. The van der Waals surface area contributed by atoms with Crippen LogP contribution in [0.3, 0.4) is 0 Å². The number of hydrogen-bond donors (Lipinski definition) is 3. The lowest BCUT2D eigenvalue weighted by Gasteiger charge is -2.29. The van der Waals surface area contributed by atoms with Crippen molar-refractivity contribution in [2.75, 3.05) is 58.3 Å². The largest absolute Gasteiger partial charge is 0.495 e. The van der Waals surface area contributed by atoms with Gasteiger partial charge in [0.1, 0.15) is 50.8 Å². The molecule has 0 spiro atoms. The molecule has 1 aliphatic heterocycles. The summed E-state index contributed by atoms with van der Waals surface area (Å²) >= 11 is 5.89. The summed E-state index contributed by atoms with van der Waals surface area (Å²) in [5.74, 6) is 1.56. The number of amides is 1. The molecule has 3 rings (SSSR count). The van der Waals surface area contributed by atoms with E-state index in [1.807, 2.05) is 49.4 Å². The van der Waals surface area contributed by atoms with Gasteiger partial charge in [-0.1, -0.05) is 17.7 Å². The number of quaternary nitrogens is 2. The molecule has 0 aromatic heterocycles. The maximum Gasteiger partial charge on any atom is 0.279 e. The number of methoxy groups -OCH3 is 1. The lowest BCUT2D eigenvalue weighted by Crippen LogP contribution is -3.28. The van der Waals surface area contributed by atoms with E-state index in [0.29, 0.717) is 23.9 Å². The second-order valence-corrected chi connectivity index (χ2v) is 7.92. The first-order chi connectivity index (χ1) is 14.0. The molecule has 156 valence electrons. The van der Waals surface area contributed by atoms with Crippen LogP contribution in [-0.2, 0) is 4.79 Å². The first-order valence-corrected chi connectivity index (χ1v) is 10.4. The third kappa shape index (κ3) is 6.63. The average molecular weight is 420 g/mol. The van der Waals surface area contributed by atoms with Crippen LogP contribution in [0.4, 0.5) is 5.69 Å². The van der Waals surface area contributed by atoms with E-state index in [9.17, 15) is 4.79 Å². The summed E-state index contributed by atoms with van der Waals surface area (Å²) in [5.41, 5.74) is 1.83. The molecule has 0 aliphatic carbocycles. The van der Waals surface area contributed by atoms with E-state index in [-0.39, 0.29) is 5.91 Å². The van der Waals surface area contributed by atoms with Gasteiger partial charge in [-0.15, -0.1) is 0 Å². The number of carbonyl (C=O) groups excluding carboxylic acids is 1. The van der Waals surface area contributed by atoms with Crippen molar-refractivity contribution in [3.05, 3.63) is 53.1 Å². The molecule has 0 bridgehead atoms. The molecular formula is C22H30ClN3O3+2. The first-order valence-electron chi connectivity index (χ1n) is 10.0. The second-order valence-electron chi connectivity index (χ2n) is 7.48. The molecule has 0 saturated carbocycles. The van der Waals surface area contributed by atoms with E-state index < -0.39 is 0 Å². The minimum absolute atomic E-state index is 0.0263. The molecule has 2 aromatic carbocycles. The van der Waals surface area contributed by atoms with Gasteiger partial charge in [-0.2, -0.15) is 0 Å². The van der Waals surface area contributed by atoms with Crippen molar-refractivity contribution in [2.24, 2.45) is 0 Å². The Morgan fingerprint density at radius 3 is 2.45 bits per heavy atom. The first kappa shape index (κ1) is 21.4. The maximum atomic E-state index is 12.5. The Kier molecular flexibility index (Phi) is 7.75. The fourth-order valence-electron chi connectivity index (χ4n) is 3.57. The summed E-state index contributed by atoms with van der Waals surface area (Å²) in [4.78, 5) is 15.3. The summed E-state index contributed by atoms with van der Waals surface area (Å²) in [6.07, 6.45) is 0. The summed E-state index contributed by atoms with van der Waals surface area (Å²) < 4.78 is 11.1. The second kappa shape index (κ2) is 10.5. The predicted molar refractivity (Wildman–Crippen MR) is 114 cm³/mol. The van der Waals surface area contributed by atoms with Gasteiger partial charge in [-0.25, -0.2) is 0 Å². The number of rotatable bonds is 8. The predicted octanol–water partition coefficient (Wildman–Crippen LogP) is 0.458. The van der Waals surface area contributed by atoms with Crippen LogP contribution in [0.2, 0.25) is 5.02 Å². The molecule has 1 amide bonds. The monoisotopic (exact) mass is 419 g/mol. The zero-order valence-corrected chi connectivity index (χ0v) is 17.8. The molecule has 1 fully saturated rings. The molecule has 1 aliphatic rings. The van der Waals surface area contributed by atoms with Crippen molar-refractivity contribution in [2.45, 2.75) is 6.92 Å². The standard InChI is InChI=1S/C22H28ClN3O3/c1-17-3-8-21(28-2)20(15-17)24-22(27)16-26-11-9-25(10-12-26)13-14-29-19-6-4-18(23)5-7-19/h3-8,15H,9-14,16H2,1-2H3,(H,24,27)/p+2. The zero-order valence-electron chi connectivity index (χ0n) is 17.1. The maximum absolute atomic E-state index is 12.5. The van der Waals surface area contributed by atoms with Gasteiger partial charge in [-0.05, 0) is 48.9 Å². The smallest absolute Gasteiger partial charge is 0.279 e. The van der Waals surface area contributed by atoms with Crippen molar-refractivity contribution in [1.82, 2.24) is 0 Å². The highest BCUT2D eigenvalue weighted by molar-refractivity contribution is 6.30. The van der Waals surface area contributed by atoms with Crippen molar-refractivity contribution < 1.29 is 24.1 Å². The fourth-order valence-corrected chi connectivity index (χ4v) is 3.69. The number of nitrogens with one attached hydrogen (secondary N) is 3. The van der Waals surface area contributed by atoms with Crippen molar-refractivity contribution in [3.8, 4) is 11.5 Å². The molecule has 1 heterocycles. The lowest BCUT2D eigenvalue weighted by atomic mass is 10.2. The Hall–Kier alpha value is -2.28. The number of halogens is 1. The number of piperazine rings is 1. The summed E-state index contributed by atoms with van der Waals surface area (Å²) in [7, 11) is 1.62. The van der Waals surface area contributed by atoms with E-state index in [1.54, 1.807) is 7.11 Å². The number of benzene rings is 2. The van der Waals surface area contributed by atoms with Crippen LogP contribution in [0, 0.1) is 6.92 Å². The van der Waals surface area contributed by atoms with Gasteiger partial charge in [0.15, 0.2) is 6.54 Å². The Balaban J connectivity index is 1.37. The topological polar surface area (TPSA) is 56.4 Å². The van der Waals surface area contributed by atoms with Crippen LogP contribution < -0.4 is 24.6 Å². The average Bonchev–Trinajstić information content (AvgIpc) is 2.71. The van der Waals surface area contributed by atoms with Gasteiger partial charge in [0.25, 0.3) is 5.91 Å². The van der Waals surface area contributed by atoms with Crippen LogP contribution in [0.25, 0.3) is 0 Å². The van der Waals surface area contributed by atoms with Crippen LogP contribution in [0.15, 0.2) is 42.5 Å². The Morgan fingerprint density at radius 2 is 1.76 bits per heavy atom. The van der Waals surface area contributed by atoms with Gasteiger partial charge >= 0.3 is 0 Å². The van der Waals surface area contributed by atoms with Gasteiger partial charge < -0.3 is 24.6 Å². The third-order valence-electron chi connectivity index (χ3n) is 5.24. The number of carbonyl (C=O) groups is 1. The lowest BCUT2D eigenvalue weighted by molar-refractivity contribution is -1.01. The van der Waals surface area contributed by atoms with E-state index >= 15 is 0 Å². The highest BCUT2D eigenvalue weighted by Gasteiger charge is 2.25. The molecule has 2 aromatic rings. The molecule has 0 atom stereocenters. The number of aryl methyl sites for hydroxylation is 1. The van der Waals surface area contributed by atoms with Crippen molar-refractivity contribution in [1.29, 1.82) is 0 Å². The highest BCUT2D eigenvalue weighted by Crippen LogP contribution is 2.24. The number of ether oxygens (including phenoxy) is 2. The molecule has 7 heteroatoms. The fraction of sp³-hybridized carbons (Fsp3) is 0.409. The minimum atomic E-state index is 0.0263. The van der Waals surface area contributed by atoms with E-state index in [0.717, 1.165) is 49.7 Å². The molecule has 1 saturated heterocycles. The zero-order chi connectivity index (χ0) is 20.6. The van der Waals surface area contributed by atoms with Crippen LogP contribution in [-0.4, -0.2) is 58.9 Å². The van der Waals surface area contributed by atoms with Gasteiger partial charge in [-0.3, -0.25) is 4.79 Å². The Labute approximate surface area is 177 Å². The third-order valence-corrected chi connectivity index (χ3v) is 5.49. The van der Waals surface area contributed by atoms with Crippen molar-refractivity contribution in [3.63, 3.8) is 0 Å². The van der Waals surface area contributed by atoms with Gasteiger partial charge in [0.2, 0.25) is 0 Å². The van der Waals surface area contributed by atoms with E-state index in [1.165, 1.54) is 9.80 Å². The van der Waals surface area contributed by atoms with Gasteiger partial charge in [0.05, 0.1) is 12.8 Å². The number of hydrogen-bond acceptors (Lipinski definition) is 3. The van der Waals surface area contributed by atoms with E-state index in [4.69, 9.17) is 21.1 Å². The SMILES string of the molecule is COc1ccc(C)cc1NC(=O)C[NH+]1CC[NH+](CCOc2ccc(Cl)cc2)CC1. The quantitative estimate of drug-likeness (QED) is 0.582. The Morgan fingerprint density at radius 1 is 1.07 bits per heavy atom. The summed E-state index contributed by atoms with van der Waals surface area (Å²) in [6.45, 7) is 8.16. The molecule has 0 unspecified atom stereocenters. The van der Waals surface area contributed by atoms with Crippen molar-refractivity contribution >= 4 is 23.2 Å². The molecule has 6 nitrogen and oxygen atoms in total. The molecule has 29 heavy (non-hydrogen) atoms. The Bertz CT molecular complexity index is 805. The van der Waals surface area contributed by atoms with Gasteiger partial charge in [0, 0.05) is 5.02 Å². The van der Waals surface area contributed by atoms with Crippen LogP contribution in [0.1, 0.15) is 5.56 Å². The van der Waals surface area contributed by atoms with E-state index in [2.05, 4.69) is 5.32 Å². The normalized spacial score (nSPS) is 18.9. The summed E-state index contributed by atoms with van der Waals surface area (Å²) in [5, 5.41) is 3.71. The van der Waals surface area contributed by atoms with Crippen LogP contribution in [0.5, 0.6) is 11.5 Å². The molecular weight excluding hydrogens is 390 g/mol. The van der Waals surface area contributed by atoms with Crippen LogP contribution >= 0.6 is 11.6 Å². The molecule has 3 N–H and O–H groups in total. The summed E-state index contributed by atoms with van der Waals surface area (Å²) in [6, 6.07) is 13.2. The number of anilines is 1.